The number of nitrogens with one attached hydrogen (secondary N) is 1. The van der Waals surface area contributed by atoms with Gasteiger partial charge in [0.25, 0.3) is 5.91 Å². The number of amides is 1. The van der Waals surface area contributed by atoms with Crippen molar-refractivity contribution in [2.45, 2.75) is 32.3 Å². The molecule has 2 aliphatic rings. The first kappa shape index (κ1) is 16.1. The van der Waals surface area contributed by atoms with Crippen LogP contribution in [0.2, 0.25) is 0 Å². The summed E-state index contributed by atoms with van der Waals surface area (Å²) in [6, 6.07) is 5.53. The number of benzene rings is 1. The van der Waals surface area contributed by atoms with Gasteiger partial charge in [-0.2, -0.15) is 0 Å². The monoisotopic (exact) mass is 356 g/mol. The van der Waals surface area contributed by atoms with E-state index in [9.17, 15) is 9.90 Å². The standard InChI is InChI=1S/C19H17ClN2O3/c1-10-17(11(2)25-22-10)12-3-8-16-15(9-12)19(24,18(23)21-16)13-4-6-14(20)7-5-13/h3-4,6,8-9,24H,5,7H2,1-2H3,(H,21,23). The number of aromatic nitrogens is 1. The maximum atomic E-state index is 12.6. The van der Waals surface area contributed by atoms with E-state index in [4.69, 9.17) is 16.1 Å². The van der Waals surface area contributed by atoms with Crippen molar-refractivity contribution in [3.05, 3.63) is 58.0 Å². The van der Waals surface area contributed by atoms with Gasteiger partial charge in [0.2, 0.25) is 0 Å². The number of allylic oxidation sites excluding steroid dienone is 3. The van der Waals surface area contributed by atoms with E-state index >= 15 is 0 Å². The van der Waals surface area contributed by atoms with E-state index < -0.39 is 11.5 Å². The van der Waals surface area contributed by atoms with Crippen LogP contribution in [-0.4, -0.2) is 16.2 Å². The number of fused-ring (bicyclic) bond motifs is 1. The molecule has 0 radical (unpaired) electrons. The number of hydrogen-bond donors (Lipinski definition) is 2. The Labute approximate surface area is 150 Å². The Kier molecular flexibility index (Phi) is 3.60. The van der Waals surface area contributed by atoms with E-state index in [1.165, 1.54) is 0 Å². The molecule has 1 unspecified atom stereocenters. The van der Waals surface area contributed by atoms with E-state index in [1.54, 1.807) is 18.2 Å². The molecule has 1 atom stereocenters. The smallest absolute Gasteiger partial charge is 0.265 e. The van der Waals surface area contributed by atoms with Gasteiger partial charge >= 0.3 is 0 Å². The Balaban J connectivity index is 1.87. The van der Waals surface area contributed by atoms with Gasteiger partial charge in [0.15, 0.2) is 5.60 Å². The van der Waals surface area contributed by atoms with E-state index in [-0.39, 0.29) is 0 Å². The molecule has 1 aromatic carbocycles. The summed E-state index contributed by atoms with van der Waals surface area (Å²) in [6.45, 7) is 3.71. The predicted octanol–water partition coefficient (Wildman–Crippen LogP) is 3.94. The fourth-order valence-electron chi connectivity index (χ4n) is 3.57. The SMILES string of the molecule is Cc1noc(C)c1-c1ccc2c(c1)C(O)(C1=CC=C(Cl)CC1)C(=O)N2. The highest BCUT2D eigenvalue weighted by atomic mass is 35.5. The molecular formula is C19H17ClN2O3. The summed E-state index contributed by atoms with van der Waals surface area (Å²) in [7, 11) is 0. The molecular weight excluding hydrogens is 340 g/mol. The molecule has 0 bridgehead atoms. The number of anilines is 1. The zero-order chi connectivity index (χ0) is 17.8. The van der Waals surface area contributed by atoms with Crippen LogP contribution in [0, 0.1) is 13.8 Å². The molecule has 0 saturated carbocycles. The molecule has 1 amide bonds. The van der Waals surface area contributed by atoms with Crippen LogP contribution in [0.25, 0.3) is 11.1 Å². The van der Waals surface area contributed by atoms with Crippen molar-refractivity contribution in [1.82, 2.24) is 5.16 Å². The predicted molar refractivity (Wildman–Crippen MR) is 95.2 cm³/mol. The summed E-state index contributed by atoms with van der Waals surface area (Å²) in [5, 5.41) is 18.8. The Hall–Kier alpha value is -2.37. The van der Waals surface area contributed by atoms with E-state index in [0.29, 0.717) is 35.4 Å². The molecule has 0 fully saturated rings. The molecule has 0 spiro atoms. The minimum absolute atomic E-state index is 0.434. The second kappa shape index (κ2) is 5.58. The maximum Gasteiger partial charge on any atom is 0.265 e. The molecule has 4 rings (SSSR count). The minimum Gasteiger partial charge on any atom is -0.372 e. The third kappa shape index (κ3) is 2.34. The molecule has 5 nitrogen and oxygen atoms in total. The number of carbonyl (C=O) groups is 1. The van der Waals surface area contributed by atoms with Crippen molar-refractivity contribution in [3.8, 4) is 11.1 Å². The number of halogens is 1. The first-order valence-corrected chi connectivity index (χ1v) is 8.46. The van der Waals surface area contributed by atoms with Crippen molar-refractivity contribution in [2.75, 3.05) is 5.32 Å². The highest BCUT2D eigenvalue weighted by Crippen LogP contribution is 2.45. The summed E-state index contributed by atoms with van der Waals surface area (Å²) >= 11 is 6.02. The Morgan fingerprint density at radius 3 is 2.72 bits per heavy atom. The third-order valence-corrected chi connectivity index (χ3v) is 5.19. The van der Waals surface area contributed by atoms with Crippen molar-refractivity contribution in [3.63, 3.8) is 0 Å². The van der Waals surface area contributed by atoms with Crippen LogP contribution in [0.1, 0.15) is 29.9 Å². The highest BCUT2D eigenvalue weighted by Gasteiger charge is 2.48. The van der Waals surface area contributed by atoms with Gasteiger partial charge in [-0.3, -0.25) is 4.79 Å². The molecule has 1 aliphatic carbocycles. The van der Waals surface area contributed by atoms with Gasteiger partial charge in [-0.15, -0.1) is 0 Å². The van der Waals surface area contributed by atoms with Crippen LogP contribution >= 0.6 is 11.6 Å². The van der Waals surface area contributed by atoms with Crippen molar-refractivity contribution < 1.29 is 14.4 Å². The molecule has 2 N–H and O–H groups in total. The van der Waals surface area contributed by atoms with Gasteiger partial charge in [0.05, 0.1) is 5.69 Å². The lowest BCUT2D eigenvalue weighted by Crippen LogP contribution is -2.36. The summed E-state index contributed by atoms with van der Waals surface area (Å²) in [5.74, 6) is 0.265. The van der Waals surface area contributed by atoms with Crippen molar-refractivity contribution in [1.29, 1.82) is 0 Å². The summed E-state index contributed by atoms with van der Waals surface area (Å²) in [4.78, 5) is 12.6. The van der Waals surface area contributed by atoms with E-state index in [0.717, 1.165) is 21.9 Å². The molecule has 2 aromatic rings. The number of hydrogen-bond acceptors (Lipinski definition) is 4. The number of carbonyl (C=O) groups excluding carboxylic acids is 1. The normalized spacial score (nSPS) is 22.3. The number of aliphatic hydroxyl groups is 1. The summed E-state index contributed by atoms with van der Waals surface area (Å²) in [5.41, 5.74) is 2.63. The number of nitrogens with zero attached hydrogens (tertiary/aromatic N) is 1. The van der Waals surface area contributed by atoms with Crippen LogP contribution in [0.15, 0.2) is 45.5 Å². The lowest BCUT2D eigenvalue weighted by molar-refractivity contribution is -0.130. The quantitative estimate of drug-likeness (QED) is 0.854. The molecule has 25 heavy (non-hydrogen) atoms. The molecule has 2 heterocycles. The van der Waals surface area contributed by atoms with Gasteiger partial charge < -0.3 is 14.9 Å². The minimum atomic E-state index is -1.68. The molecule has 1 aliphatic heterocycles. The van der Waals surface area contributed by atoms with Crippen molar-refractivity contribution in [2.24, 2.45) is 0 Å². The number of rotatable bonds is 2. The van der Waals surface area contributed by atoms with Crippen LogP contribution in [0.5, 0.6) is 0 Å². The average molecular weight is 357 g/mol. The summed E-state index contributed by atoms with van der Waals surface area (Å²) < 4.78 is 5.24. The second-order valence-corrected chi connectivity index (χ2v) is 6.91. The van der Waals surface area contributed by atoms with Gasteiger partial charge in [-0.25, -0.2) is 0 Å². The fraction of sp³-hybridized carbons (Fsp3) is 0.263. The van der Waals surface area contributed by atoms with Gasteiger partial charge in [-0.1, -0.05) is 28.9 Å². The topological polar surface area (TPSA) is 75.4 Å². The maximum absolute atomic E-state index is 12.6. The number of aryl methyl sites for hydroxylation is 2. The summed E-state index contributed by atoms with van der Waals surface area (Å²) in [6.07, 6.45) is 4.63. The zero-order valence-corrected chi connectivity index (χ0v) is 14.6. The Morgan fingerprint density at radius 1 is 1.28 bits per heavy atom. The van der Waals surface area contributed by atoms with E-state index in [2.05, 4.69) is 10.5 Å². The molecule has 0 saturated heterocycles. The molecule has 128 valence electrons. The lowest BCUT2D eigenvalue weighted by Gasteiger charge is -2.26. The van der Waals surface area contributed by atoms with E-state index in [1.807, 2.05) is 26.0 Å². The largest absolute Gasteiger partial charge is 0.372 e. The fourth-order valence-corrected chi connectivity index (χ4v) is 3.73. The zero-order valence-electron chi connectivity index (χ0n) is 13.9. The van der Waals surface area contributed by atoms with Crippen LogP contribution in [-0.2, 0) is 10.4 Å². The van der Waals surface area contributed by atoms with Gasteiger partial charge in [-0.05, 0) is 56.0 Å². The van der Waals surface area contributed by atoms with Gasteiger partial charge in [0.1, 0.15) is 5.76 Å². The first-order chi connectivity index (χ1) is 11.9. The average Bonchev–Trinajstić information content (AvgIpc) is 3.06. The van der Waals surface area contributed by atoms with Crippen LogP contribution in [0.4, 0.5) is 5.69 Å². The van der Waals surface area contributed by atoms with Gasteiger partial charge in [0, 0.05) is 21.8 Å². The Morgan fingerprint density at radius 2 is 2.08 bits per heavy atom. The third-order valence-electron chi connectivity index (χ3n) is 4.87. The second-order valence-electron chi connectivity index (χ2n) is 6.43. The highest BCUT2D eigenvalue weighted by molar-refractivity contribution is 6.29. The Bertz CT molecular complexity index is 938. The van der Waals surface area contributed by atoms with Crippen LogP contribution in [0.3, 0.4) is 0 Å². The molecule has 6 heteroatoms. The van der Waals surface area contributed by atoms with Crippen LogP contribution < -0.4 is 5.32 Å². The lowest BCUT2D eigenvalue weighted by atomic mass is 9.82. The molecule has 1 aromatic heterocycles. The first-order valence-electron chi connectivity index (χ1n) is 8.08. The van der Waals surface area contributed by atoms with Crippen molar-refractivity contribution >= 4 is 23.2 Å².